The average Bonchev–Trinajstić information content (AvgIpc) is 2.43. The first-order chi connectivity index (χ1) is 8.71. The van der Waals surface area contributed by atoms with Crippen LogP contribution < -0.4 is 5.32 Å². The van der Waals surface area contributed by atoms with E-state index in [1.807, 2.05) is 0 Å². The lowest BCUT2D eigenvalue weighted by atomic mass is 9.90. The monoisotopic (exact) mass is 258 g/mol. The highest BCUT2D eigenvalue weighted by Gasteiger charge is 2.23. The molecule has 4 nitrogen and oxygen atoms in total. The molecule has 1 fully saturated rings. The Morgan fingerprint density at radius 3 is 2.44 bits per heavy atom. The molecule has 1 rings (SSSR count). The Morgan fingerprint density at radius 1 is 1.28 bits per heavy atom. The summed E-state index contributed by atoms with van der Waals surface area (Å²) in [7, 11) is 3.46. The first-order valence-electron chi connectivity index (χ1n) is 7.18. The molecule has 1 aliphatic heterocycles. The first-order valence-corrected chi connectivity index (χ1v) is 7.18. The summed E-state index contributed by atoms with van der Waals surface area (Å²) in [5.41, 5.74) is 0. The van der Waals surface area contributed by atoms with Crippen molar-refractivity contribution in [3.63, 3.8) is 0 Å². The standard InChI is InChI=1S/C14H30N2O2/c1-5-16-8-6-13(7-9-16)12(2)15-10-14(18-4)11-17-3/h12-15H,5-11H2,1-4H3. The summed E-state index contributed by atoms with van der Waals surface area (Å²) in [4.78, 5) is 2.53. The molecule has 0 aromatic heterocycles. The number of ether oxygens (including phenoxy) is 2. The van der Waals surface area contributed by atoms with E-state index < -0.39 is 0 Å². The molecule has 0 aromatic carbocycles. The van der Waals surface area contributed by atoms with Crippen molar-refractivity contribution in [3.8, 4) is 0 Å². The van der Waals surface area contributed by atoms with E-state index in [4.69, 9.17) is 9.47 Å². The van der Waals surface area contributed by atoms with Crippen LogP contribution >= 0.6 is 0 Å². The van der Waals surface area contributed by atoms with Gasteiger partial charge in [0.05, 0.1) is 12.7 Å². The fourth-order valence-corrected chi connectivity index (χ4v) is 2.65. The lowest BCUT2D eigenvalue weighted by Gasteiger charge is -2.35. The van der Waals surface area contributed by atoms with Crippen LogP contribution in [0.15, 0.2) is 0 Å². The second-order valence-corrected chi connectivity index (χ2v) is 5.28. The number of hydrogen-bond acceptors (Lipinski definition) is 4. The number of nitrogens with zero attached hydrogens (tertiary/aromatic N) is 1. The molecule has 2 atom stereocenters. The van der Waals surface area contributed by atoms with Crippen molar-refractivity contribution in [1.82, 2.24) is 10.2 Å². The second-order valence-electron chi connectivity index (χ2n) is 5.28. The second kappa shape index (κ2) is 8.86. The molecule has 1 N–H and O–H groups in total. The van der Waals surface area contributed by atoms with E-state index in [0.29, 0.717) is 12.6 Å². The topological polar surface area (TPSA) is 33.7 Å². The molecule has 0 amide bonds. The van der Waals surface area contributed by atoms with Gasteiger partial charge in [0.15, 0.2) is 0 Å². The van der Waals surface area contributed by atoms with Crippen LogP contribution in [0.5, 0.6) is 0 Å². The van der Waals surface area contributed by atoms with Crippen LogP contribution in [0.25, 0.3) is 0 Å². The van der Waals surface area contributed by atoms with Crippen molar-refractivity contribution in [2.24, 2.45) is 5.92 Å². The fraction of sp³-hybridized carbons (Fsp3) is 1.00. The van der Waals surface area contributed by atoms with Crippen LogP contribution in [-0.2, 0) is 9.47 Å². The third-order valence-corrected chi connectivity index (χ3v) is 4.14. The number of piperidine rings is 1. The molecule has 1 aliphatic rings. The molecule has 18 heavy (non-hydrogen) atoms. The van der Waals surface area contributed by atoms with E-state index in [2.05, 4.69) is 24.1 Å². The maximum atomic E-state index is 5.37. The molecule has 0 spiro atoms. The summed E-state index contributed by atoms with van der Waals surface area (Å²) in [5.74, 6) is 0.799. The molecule has 0 aliphatic carbocycles. The third kappa shape index (κ3) is 5.22. The summed E-state index contributed by atoms with van der Waals surface area (Å²) in [5, 5.41) is 3.60. The van der Waals surface area contributed by atoms with Crippen LogP contribution in [0, 0.1) is 5.92 Å². The van der Waals surface area contributed by atoms with Crippen molar-refractivity contribution in [3.05, 3.63) is 0 Å². The van der Waals surface area contributed by atoms with Gasteiger partial charge in [-0.2, -0.15) is 0 Å². The van der Waals surface area contributed by atoms with Gasteiger partial charge in [-0.1, -0.05) is 6.92 Å². The van der Waals surface area contributed by atoms with Crippen molar-refractivity contribution in [2.45, 2.75) is 38.8 Å². The SMILES string of the molecule is CCN1CCC(C(C)NCC(COC)OC)CC1. The Kier molecular flexibility index (Phi) is 7.82. The minimum absolute atomic E-state index is 0.160. The van der Waals surface area contributed by atoms with E-state index in [-0.39, 0.29) is 6.10 Å². The summed E-state index contributed by atoms with van der Waals surface area (Å²) in [6.07, 6.45) is 2.78. The Labute approximate surface area is 112 Å². The van der Waals surface area contributed by atoms with Crippen molar-refractivity contribution in [1.29, 1.82) is 0 Å². The molecule has 1 heterocycles. The Morgan fingerprint density at radius 2 is 1.94 bits per heavy atom. The van der Waals surface area contributed by atoms with Gasteiger partial charge in [-0.3, -0.25) is 0 Å². The van der Waals surface area contributed by atoms with E-state index in [9.17, 15) is 0 Å². The number of likely N-dealkylation sites (tertiary alicyclic amines) is 1. The zero-order chi connectivity index (χ0) is 13.4. The van der Waals surface area contributed by atoms with Crippen molar-refractivity contribution < 1.29 is 9.47 Å². The zero-order valence-electron chi connectivity index (χ0n) is 12.4. The van der Waals surface area contributed by atoms with Gasteiger partial charge in [-0.15, -0.1) is 0 Å². The van der Waals surface area contributed by atoms with Gasteiger partial charge >= 0.3 is 0 Å². The van der Waals surface area contributed by atoms with Gasteiger partial charge < -0.3 is 19.7 Å². The Hall–Kier alpha value is -0.160. The van der Waals surface area contributed by atoms with E-state index in [0.717, 1.165) is 12.5 Å². The van der Waals surface area contributed by atoms with E-state index in [1.54, 1.807) is 14.2 Å². The largest absolute Gasteiger partial charge is 0.382 e. The summed E-state index contributed by atoms with van der Waals surface area (Å²) in [6.45, 7) is 9.76. The summed E-state index contributed by atoms with van der Waals surface area (Å²) < 4.78 is 10.5. The lowest BCUT2D eigenvalue weighted by Crippen LogP contribution is -2.44. The lowest BCUT2D eigenvalue weighted by molar-refractivity contribution is 0.0255. The molecule has 0 radical (unpaired) electrons. The van der Waals surface area contributed by atoms with E-state index in [1.165, 1.54) is 32.5 Å². The van der Waals surface area contributed by atoms with Crippen LogP contribution in [0.1, 0.15) is 26.7 Å². The predicted octanol–water partition coefficient (Wildman–Crippen LogP) is 1.36. The average molecular weight is 258 g/mol. The van der Waals surface area contributed by atoms with Crippen LogP contribution in [0.4, 0.5) is 0 Å². The smallest absolute Gasteiger partial charge is 0.0928 e. The molecule has 2 unspecified atom stereocenters. The van der Waals surface area contributed by atoms with Crippen LogP contribution in [-0.4, -0.2) is 64.1 Å². The van der Waals surface area contributed by atoms with Gasteiger partial charge in [0.1, 0.15) is 0 Å². The number of rotatable bonds is 8. The number of nitrogens with one attached hydrogen (secondary N) is 1. The molecule has 0 aromatic rings. The molecule has 0 saturated carbocycles. The maximum absolute atomic E-state index is 5.37. The molecule has 4 heteroatoms. The first kappa shape index (κ1) is 15.9. The minimum atomic E-state index is 0.160. The zero-order valence-corrected chi connectivity index (χ0v) is 12.4. The predicted molar refractivity (Wildman–Crippen MR) is 75.0 cm³/mol. The quantitative estimate of drug-likeness (QED) is 0.713. The van der Waals surface area contributed by atoms with Gasteiger partial charge in [-0.05, 0) is 45.3 Å². The Balaban J connectivity index is 2.22. The molecule has 0 bridgehead atoms. The van der Waals surface area contributed by atoms with Gasteiger partial charge in [0.25, 0.3) is 0 Å². The normalized spacial score (nSPS) is 22.0. The van der Waals surface area contributed by atoms with Crippen molar-refractivity contribution >= 4 is 0 Å². The summed E-state index contributed by atoms with van der Waals surface area (Å²) >= 11 is 0. The molecule has 108 valence electrons. The van der Waals surface area contributed by atoms with Gasteiger partial charge in [0, 0.05) is 26.8 Å². The minimum Gasteiger partial charge on any atom is -0.382 e. The molecular formula is C14H30N2O2. The van der Waals surface area contributed by atoms with Crippen LogP contribution in [0.2, 0.25) is 0 Å². The van der Waals surface area contributed by atoms with E-state index >= 15 is 0 Å². The Bertz CT molecular complexity index is 206. The maximum Gasteiger partial charge on any atom is 0.0928 e. The molecule has 1 saturated heterocycles. The number of methoxy groups -OCH3 is 2. The fourth-order valence-electron chi connectivity index (χ4n) is 2.65. The third-order valence-electron chi connectivity index (χ3n) is 4.14. The number of hydrogen-bond donors (Lipinski definition) is 1. The van der Waals surface area contributed by atoms with Gasteiger partial charge in [-0.25, -0.2) is 0 Å². The highest BCUT2D eigenvalue weighted by Crippen LogP contribution is 2.20. The van der Waals surface area contributed by atoms with Gasteiger partial charge in [0.2, 0.25) is 0 Å². The molecular weight excluding hydrogens is 228 g/mol. The highest BCUT2D eigenvalue weighted by molar-refractivity contribution is 4.80. The van der Waals surface area contributed by atoms with Crippen molar-refractivity contribution in [2.75, 3.05) is 47.0 Å². The highest BCUT2D eigenvalue weighted by atomic mass is 16.5. The van der Waals surface area contributed by atoms with Crippen LogP contribution in [0.3, 0.4) is 0 Å². The summed E-state index contributed by atoms with van der Waals surface area (Å²) in [6, 6.07) is 0.568.